The molecule has 0 saturated carbocycles. The summed E-state index contributed by atoms with van der Waals surface area (Å²) in [6, 6.07) is 29.4. The second-order valence-corrected chi connectivity index (χ2v) is 10.4. The van der Waals surface area contributed by atoms with Crippen LogP contribution in [0.3, 0.4) is 0 Å². The van der Waals surface area contributed by atoms with E-state index in [-0.39, 0.29) is 29.4 Å². The molecular formula is C31H22ClN3O3S. The van der Waals surface area contributed by atoms with Crippen molar-refractivity contribution in [3.05, 3.63) is 123 Å². The largest absolute Gasteiger partial charge is 0.325 e. The summed E-state index contributed by atoms with van der Waals surface area (Å²) in [5, 5.41) is 18.3. The number of allylic oxidation sites excluding steroid dienone is 1. The quantitative estimate of drug-likeness (QED) is 0.258. The Morgan fingerprint density at radius 1 is 1.00 bits per heavy atom. The van der Waals surface area contributed by atoms with Crippen molar-refractivity contribution in [1.29, 1.82) is 5.26 Å². The number of nitriles is 1. The van der Waals surface area contributed by atoms with Gasteiger partial charge in [0.2, 0.25) is 11.8 Å². The predicted molar refractivity (Wildman–Crippen MR) is 155 cm³/mol. The Balaban J connectivity index is 1.37. The number of amides is 2. The minimum atomic E-state index is -0.424. The molecule has 6 nitrogen and oxygen atoms in total. The second kappa shape index (κ2) is 11.6. The first-order valence-electron chi connectivity index (χ1n) is 12.2. The zero-order chi connectivity index (χ0) is 27.4. The number of carbonyl (C=O) groups is 3. The summed E-state index contributed by atoms with van der Waals surface area (Å²) in [6.45, 7) is 0. The first kappa shape index (κ1) is 26.2. The Kier molecular flexibility index (Phi) is 7.78. The van der Waals surface area contributed by atoms with E-state index in [1.165, 1.54) is 6.07 Å². The van der Waals surface area contributed by atoms with Crippen LogP contribution >= 0.6 is 23.4 Å². The molecule has 0 spiro atoms. The van der Waals surface area contributed by atoms with E-state index in [2.05, 4.69) is 16.7 Å². The lowest BCUT2D eigenvalue weighted by Crippen LogP contribution is -2.31. The van der Waals surface area contributed by atoms with Crippen molar-refractivity contribution < 1.29 is 14.4 Å². The molecule has 4 aromatic rings. The lowest BCUT2D eigenvalue weighted by atomic mass is 9.84. The number of benzene rings is 4. The van der Waals surface area contributed by atoms with Gasteiger partial charge < -0.3 is 10.6 Å². The van der Waals surface area contributed by atoms with Crippen LogP contribution in [0.2, 0.25) is 5.02 Å². The number of nitrogens with zero attached hydrogens (tertiary/aromatic N) is 1. The molecule has 8 heteroatoms. The molecule has 0 saturated heterocycles. The van der Waals surface area contributed by atoms with Crippen LogP contribution in [-0.4, -0.2) is 23.4 Å². The van der Waals surface area contributed by atoms with Gasteiger partial charge in [0.05, 0.1) is 28.1 Å². The minimum Gasteiger partial charge on any atom is -0.325 e. The van der Waals surface area contributed by atoms with Crippen LogP contribution in [0.4, 0.5) is 5.69 Å². The van der Waals surface area contributed by atoms with Crippen LogP contribution in [0.1, 0.15) is 33.8 Å². The summed E-state index contributed by atoms with van der Waals surface area (Å²) in [5.74, 6) is -1.39. The molecule has 1 atom stereocenters. The highest BCUT2D eigenvalue weighted by atomic mass is 35.5. The molecule has 1 heterocycles. The van der Waals surface area contributed by atoms with Gasteiger partial charge in [0.15, 0.2) is 5.78 Å². The summed E-state index contributed by atoms with van der Waals surface area (Å²) < 4.78 is 0. The van der Waals surface area contributed by atoms with Crippen LogP contribution in [0.25, 0.3) is 10.8 Å². The predicted octanol–water partition coefficient (Wildman–Crippen LogP) is 6.43. The van der Waals surface area contributed by atoms with Gasteiger partial charge in [-0.3, -0.25) is 14.4 Å². The van der Waals surface area contributed by atoms with Crippen LogP contribution < -0.4 is 10.6 Å². The first-order valence-corrected chi connectivity index (χ1v) is 13.5. The number of halogens is 1. The number of thioether (sulfide) groups is 1. The highest BCUT2D eigenvalue weighted by Gasteiger charge is 2.31. The van der Waals surface area contributed by atoms with Crippen LogP contribution in [0.15, 0.2) is 102 Å². The standard InChI is InChI=1S/C31H22ClN3O3S/c32-21-13-14-27(25(15-21)30(38)20-8-2-1-3-9-20)34-29(37)18-39-31-26(17-33)24(16-28(36)35-31)23-12-6-10-19-7-4-5-11-22(19)23/h1-15,24H,16,18H2,(H,34,37)(H,35,36). The third-order valence-corrected chi connectivity index (χ3v) is 7.69. The molecule has 0 aromatic heterocycles. The number of hydrogen-bond acceptors (Lipinski definition) is 5. The van der Waals surface area contributed by atoms with E-state index in [0.29, 0.717) is 26.9 Å². The summed E-state index contributed by atoms with van der Waals surface area (Å²) >= 11 is 7.23. The number of anilines is 1. The van der Waals surface area contributed by atoms with Crippen molar-refractivity contribution in [3.63, 3.8) is 0 Å². The molecule has 0 fully saturated rings. The third kappa shape index (κ3) is 5.73. The zero-order valence-corrected chi connectivity index (χ0v) is 22.2. The Labute approximate surface area is 234 Å². The monoisotopic (exact) mass is 551 g/mol. The van der Waals surface area contributed by atoms with Crippen molar-refractivity contribution in [1.82, 2.24) is 5.32 Å². The molecular weight excluding hydrogens is 530 g/mol. The Bertz CT molecular complexity index is 1670. The molecule has 4 aromatic carbocycles. The van der Waals surface area contributed by atoms with E-state index >= 15 is 0 Å². The van der Waals surface area contributed by atoms with Crippen molar-refractivity contribution in [3.8, 4) is 6.07 Å². The van der Waals surface area contributed by atoms with Gasteiger partial charge in [0.25, 0.3) is 0 Å². The molecule has 0 aliphatic carbocycles. The summed E-state index contributed by atoms with van der Waals surface area (Å²) in [5.41, 5.74) is 2.38. The Morgan fingerprint density at radius 3 is 2.54 bits per heavy atom. The van der Waals surface area contributed by atoms with E-state index < -0.39 is 11.8 Å². The molecule has 2 amide bonds. The maximum absolute atomic E-state index is 13.1. The number of ketones is 1. The topological polar surface area (TPSA) is 99.1 Å². The van der Waals surface area contributed by atoms with Crippen molar-refractivity contribution in [2.75, 3.05) is 11.1 Å². The SMILES string of the molecule is N#CC1=C(SCC(=O)Nc2ccc(Cl)cc2C(=O)c2ccccc2)NC(=O)CC1c1cccc2ccccc12. The average Bonchev–Trinajstić information content (AvgIpc) is 2.96. The highest BCUT2D eigenvalue weighted by molar-refractivity contribution is 8.03. The molecule has 1 aliphatic heterocycles. The number of nitrogens with one attached hydrogen (secondary N) is 2. The highest BCUT2D eigenvalue weighted by Crippen LogP contribution is 2.39. The van der Waals surface area contributed by atoms with Crippen LogP contribution in [0, 0.1) is 11.3 Å². The van der Waals surface area contributed by atoms with E-state index in [4.69, 9.17) is 11.6 Å². The van der Waals surface area contributed by atoms with Gasteiger partial charge >= 0.3 is 0 Å². The van der Waals surface area contributed by atoms with Crippen molar-refractivity contribution >= 4 is 57.4 Å². The van der Waals surface area contributed by atoms with Gasteiger partial charge in [0.1, 0.15) is 0 Å². The fourth-order valence-corrected chi connectivity index (χ4v) is 5.68. The van der Waals surface area contributed by atoms with E-state index in [1.54, 1.807) is 36.4 Å². The minimum absolute atomic E-state index is 0.0787. The average molecular weight is 552 g/mol. The maximum Gasteiger partial charge on any atom is 0.234 e. The molecule has 0 bridgehead atoms. The summed E-state index contributed by atoms with van der Waals surface area (Å²) in [6.07, 6.45) is 0.142. The molecule has 2 N–H and O–H groups in total. The van der Waals surface area contributed by atoms with Gasteiger partial charge in [-0.05, 0) is 34.5 Å². The van der Waals surface area contributed by atoms with E-state index in [9.17, 15) is 19.6 Å². The maximum atomic E-state index is 13.1. The number of rotatable bonds is 7. The van der Waals surface area contributed by atoms with Crippen LogP contribution in [-0.2, 0) is 9.59 Å². The number of carbonyl (C=O) groups excluding carboxylic acids is 3. The molecule has 0 radical (unpaired) electrons. The molecule has 5 rings (SSSR count). The van der Waals surface area contributed by atoms with E-state index in [0.717, 1.165) is 28.1 Å². The normalized spacial score (nSPS) is 15.0. The first-order chi connectivity index (χ1) is 18.9. The smallest absolute Gasteiger partial charge is 0.234 e. The fourth-order valence-electron chi connectivity index (χ4n) is 4.64. The number of hydrogen-bond donors (Lipinski definition) is 2. The Morgan fingerprint density at radius 2 is 1.74 bits per heavy atom. The lowest BCUT2D eigenvalue weighted by molar-refractivity contribution is -0.121. The third-order valence-electron chi connectivity index (χ3n) is 6.44. The number of fused-ring (bicyclic) bond motifs is 1. The van der Waals surface area contributed by atoms with Crippen molar-refractivity contribution in [2.24, 2.45) is 0 Å². The summed E-state index contributed by atoms with van der Waals surface area (Å²) in [4.78, 5) is 38.7. The van der Waals surface area contributed by atoms with Gasteiger partial charge in [-0.25, -0.2) is 0 Å². The second-order valence-electron chi connectivity index (χ2n) is 8.95. The van der Waals surface area contributed by atoms with Gasteiger partial charge in [-0.1, -0.05) is 96.2 Å². The molecule has 192 valence electrons. The molecule has 39 heavy (non-hydrogen) atoms. The van der Waals surface area contributed by atoms with Crippen molar-refractivity contribution in [2.45, 2.75) is 12.3 Å². The van der Waals surface area contributed by atoms with E-state index in [1.807, 2.05) is 48.5 Å². The lowest BCUT2D eigenvalue weighted by Gasteiger charge is -2.26. The molecule has 1 aliphatic rings. The fraction of sp³-hybridized carbons (Fsp3) is 0.0968. The van der Waals surface area contributed by atoms with Gasteiger partial charge in [-0.2, -0.15) is 5.26 Å². The molecule has 1 unspecified atom stereocenters. The zero-order valence-electron chi connectivity index (χ0n) is 20.6. The summed E-state index contributed by atoms with van der Waals surface area (Å²) in [7, 11) is 0. The van der Waals surface area contributed by atoms with Crippen LogP contribution in [0.5, 0.6) is 0 Å². The van der Waals surface area contributed by atoms with Gasteiger partial charge in [0, 0.05) is 28.5 Å². The van der Waals surface area contributed by atoms with Gasteiger partial charge in [-0.15, -0.1) is 0 Å². The Hall–Kier alpha value is -4.38.